The summed E-state index contributed by atoms with van der Waals surface area (Å²) >= 11 is 0. The lowest BCUT2D eigenvalue weighted by Gasteiger charge is -2.11. The van der Waals surface area contributed by atoms with Crippen molar-refractivity contribution in [1.29, 1.82) is 0 Å². The van der Waals surface area contributed by atoms with Crippen molar-refractivity contribution < 1.29 is 17.7 Å². The molecule has 1 N–H and O–H groups in total. The van der Waals surface area contributed by atoms with Crippen LogP contribution in [0.1, 0.15) is 11.4 Å². The van der Waals surface area contributed by atoms with Gasteiger partial charge < -0.3 is 9.88 Å². The third-order valence-corrected chi connectivity index (χ3v) is 5.28. The number of halogens is 1. The van der Waals surface area contributed by atoms with Crippen LogP contribution in [0.25, 0.3) is 5.69 Å². The molecular formula is C18H17FN4O4S. The SMILES string of the molecule is Cc1nccn1-c1ccc(CNc2ccc(S(C)(=O)=O)cc2[N+](=O)[O-])cc1F. The van der Waals surface area contributed by atoms with Gasteiger partial charge in [-0.2, -0.15) is 0 Å². The van der Waals surface area contributed by atoms with Gasteiger partial charge in [-0.05, 0) is 36.8 Å². The molecular weight excluding hydrogens is 387 g/mol. The fourth-order valence-electron chi connectivity index (χ4n) is 2.73. The van der Waals surface area contributed by atoms with Gasteiger partial charge in [-0.3, -0.25) is 10.1 Å². The van der Waals surface area contributed by atoms with E-state index in [9.17, 15) is 22.9 Å². The fourth-order valence-corrected chi connectivity index (χ4v) is 3.37. The molecule has 1 aromatic heterocycles. The third-order valence-electron chi connectivity index (χ3n) is 4.17. The van der Waals surface area contributed by atoms with Crippen molar-refractivity contribution in [2.24, 2.45) is 0 Å². The first-order valence-electron chi connectivity index (χ1n) is 8.18. The smallest absolute Gasteiger partial charge is 0.293 e. The van der Waals surface area contributed by atoms with Gasteiger partial charge in [0.05, 0.1) is 15.5 Å². The number of aromatic nitrogens is 2. The lowest BCUT2D eigenvalue weighted by molar-refractivity contribution is -0.384. The average molecular weight is 404 g/mol. The van der Waals surface area contributed by atoms with E-state index in [0.717, 1.165) is 12.3 Å². The Kier molecular flexibility index (Phi) is 5.14. The summed E-state index contributed by atoms with van der Waals surface area (Å²) in [6.45, 7) is 1.88. The van der Waals surface area contributed by atoms with Crippen LogP contribution in [0.2, 0.25) is 0 Å². The molecule has 0 atom stereocenters. The first kappa shape index (κ1) is 19.5. The number of anilines is 1. The zero-order chi connectivity index (χ0) is 20.5. The number of imidazole rings is 1. The van der Waals surface area contributed by atoms with E-state index in [2.05, 4.69) is 10.3 Å². The zero-order valence-corrected chi connectivity index (χ0v) is 15.9. The van der Waals surface area contributed by atoms with Gasteiger partial charge in [-0.25, -0.2) is 17.8 Å². The summed E-state index contributed by atoms with van der Waals surface area (Å²) in [5, 5.41) is 14.1. The van der Waals surface area contributed by atoms with Gasteiger partial charge in [-0.15, -0.1) is 0 Å². The molecule has 146 valence electrons. The Morgan fingerprint density at radius 3 is 2.57 bits per heavy atom. The molecule has 0 aliphatic rings. The summed E-state index contributed by atoms with van der Waals surface area (Å²) in [4.78, 5) is 14.5. The Morgan fingerprint density at radius 1 is 1.25 bits per heavy atom. The largest absolute Gasteiger partial charge is 0.375 e. The minimum Gasteiger partial charge on any atom is -0.375 e. The van der Waals surface area contributed by atoms with E-state index >= 15 is 0 Å². The van der Waals surface area contributed by atoms with Gasteiger partial charge >= 0.3 is 0 Å². The summed E-state index contributed by atoms with van der Waals surface area (Å²) in [6.07, 6.45) is 4.20. The highest BCUT2D eigenvalue weighted by molar-refractivity contribution is 7.90. The molecule has 28 heavy (non-hydrogen) atoms. The summed E-state index contributed by atoms with van der Waals surface area (Å²) in [5.74, 6) is 0.189. The number of nitro benzene ring substituents is 1. The van der Waals surface area contributed by atoms with Gasteiger partial charge in [0.25, 0.3) is 5.69 Å². The zero-order valence-electron chi connectivity index (χ0n) is 15.1. The van der Waals surface area contributed by atoms with E-state index in [4.69, 9.17) is 0 Å². The summed E-state index contributed by atoms with van der Waals surface area (Å²) < 4.78 is 39.3. The number of hydrogen-bond donors (Lipinski definition) is 1. The predicted molar refractivity (Wildman–Crippen MR) is 102 cm³/mol. The maximum atomic E-state index is 14.5. The number of sulfone groups is 1. The van der Waals surface area contributed by atoms with Crippen LogP contribution in [0.5, 0.6) is 0 Å². The normalized spacial score (nSPS) is 11.4. The Labute approximate surface area is 160 Å². The Bertz CT molecular complexity index is 1160. The van der Waals surface area contributed by atoms with Gasteiger partial charge in [0.1, 0.15) is 17.3 Å². The number of nitrogens with zero attached hydrogens (tertiary/aromatic N) is 3. The Balaban J connectivity index is 1.83. The second-order valence-electron chi connectivity index (χ2n) is 6.19. The lowest BCUT2D eigenvalue weighted by Crippen LogP contribution is -2.06. The summed E-state index contributed by atoms with van der Waals surface area (Å²) in [7, 11) is -3.57. The van der Waals surface area contributed by atoms with Gasteiger partial charge in [-0.1, -0.05) is 6.07 Å². The topological polar surface area (TPSA) is 107 Å². The number of nitrogens with one attached hydrogen (secondary N) is 1. The molecule has 0 spiro atoms. The number of nitro groups is 1. The van der Waals surface area contributed by atoms with E-state index in [-0.39, 0.29) is 22.8 Å². The molecule has 0 aliphatic carbocycles. The van der Waals surface area contributed by atoms with Crippen LogP contribution >= 0.6 is 0 Å². The van der Waals surface area contributed by atoms with Gasteiger partial charge in [0.2, 0.25) is 0 Å². The second kappa shape index (κ2) is 7.39. The molecule has 1 heterocycles. The molecule has 0 aliphatic heterocycles. The van der Waals surface area contributed by atoms with Crippen LogP contribution in [0, 0.1) is 22.9 Å². The molecule has 2 aromatic carbocycles. The number of benzene rings is 2. The van der Waals surface area contributed by atoms with Gasteiger partial charge in [0, 0.05) is 31.3 Å². The quantitative estimate of drug-likeness (QED) is 0.499. The van der Waals surface area contributed by atoms with Crippen LogP contribution in [-0.2, 0) is 16.4 Å². The van der Waals surface area contributed by atoms with Crippen LogP contribution in [0.15, 0.2) is 53.7 Å². The summed E-state index contributed by atoms with van der Waals surface area (Å²) in [6, 6.07) is 8.25. The lowest BCUT2D eigenvalue weighted by atomic mass is 10.1. The highest BCUT2D eigenvalue weighted by Gasteiger charge is 2.18. The standard InChI is InChI=1S/C18H17FN4O4S/c1-12-20-7-8-22(12)17-6-3-13(9-15(17)19)11-21-16-5-4-14(28(2,26)27)10-18(16)23(24)25/h3-10,21H,11H2,1-2H3. The molecule has 0 radical (unpaired) electrons. The molecule has 0 bridgehead atoms. The molecule has 0 unspecified atom stereocenters. The molecule has 8 nitrogen and oxygen atoms in total. The fraction of sp³-hybridized carbons (Fsp3) is 0.167. The first-order chi connectivity index (χ1) is 13.2. The van der Waals surface area contributed by atoms with Crippen molar-refractivity contribution in [1.82, 2.24) is 9.55 Å². The maximum Gasteiger partial charge on any atom is 0.293 e. The van der Waals surface area contributed by atoms with Gasteiger partial charge in [0.15, 0.2) is 9.84 Å². The maximum absolute atomic E-state index is 14.5. The summed E-state index contributed by atoms with van der Waals surface area (Å²) in [5.41, 5.74) is 0.698. The molecule has 0 saturated heterocycles. The van der Waals surface area contributed by atoms with Crippen LogP contribution in [0.3, 0.4) is 0 Å². The number of hydrogen-bond acceptors (Lipinski definition) is 6. The molecule has 3 rings (SSSR count). The van der Waals surface area contributed by atoms with Crippen molar-refractivity contribution in [2.45, 2.75) is 18.4 Å². The van der Waals surface area contributed by atoms with Crippen molar-refractivity contribution in [3.8, 4) is 5.69 Å². The van der Waals surface area contributed by atoms with Crippen LogP contribution in [0.4, 0.5) is 15.8 Å². The van der Waals surface area contributed by atoms with Crippen molar-refractivity contribution in [3.63, 3.8) is 0 Å². The van der Waals surface area contributed by atoms with E-state index in [1.54, 1.807) is 36.0 Å². The first-order valence-corrected chi connectivity index (χ1v) is 10.1. The van der Waals surface area contributed by atoms with Crippen LogP contribution in [-0.4, -0.2) is 29.1 Å². The third kappa shape index (κ3) is 4.01. The van der Waals surface area contributed by atoms with Crippen molar-refractivity contribution in [2.75, 3.05) is 11.6 Å². The van der Waals surface area contributed by atoms with E-state index < -0.39 is 20.6 Å². The minimum atomic E-state index is -3.57. The Morgan fingerprint density at radius 2 is 2.00 bits per heavy atom. The monoisotopic (exact) mass is 404 g/mol. The van der Waals surface area contributed by atoms with Crippen molar-refractivity contribution >= 4 is 21.2 Å². The highest BCUT2D eigenvalue weighted by Crippen LogP contribution is 2.28. The Hall–Kier alpha value is -3.27. The predicted octanol–water partition coefficient (Wildman–Crippen LogP) is 3.24. The van der Waals surface area contributed by atoms with Crippen LogP contribution < -0.4 is 5.32 Å². The average Bonchev–Trinajstić information content (AvgIpc) is 3.04. The van der Waals surface area contributed by atoms with Crippen molar-refractivity contribution in [3.05, 3.63) is 76.1 Å². The number of aryl methyl sites for hydroxylation is 1. The number of rotatable bonds is 6. The molecule has 0 saturated carbocycles. The molecule has 10 heteroatoms. The highest BCUT2D eigenvalue weighted by atomic mass is 32.2. The molecule has 0 amide bonds. The van der Waals surface area contributed by atoms with E-state index in [0.29, 0.717) is 17.1 Å². The van der Waals surface area contributed by atoms with E-state index in [1.807, 2.05) is 0 Å². The van der Waals surface area contributed by atoms with E-state index in [1.165, 1.54) is 18.2 Å². The molecule has 3 aromatic rings. The second-order valence-corrected chi connectivity index (χ2v) is 8.21. The molecule has 0 fully saturated rings. The minimum absolute atomic E-state index is 0.124.